The molecule has 2 saturated heterocycles. The summed E-state index contributed by atoms with van der Waals surface area (Å²) in [5, 5.41) is 3.94. The highest BCUT2D eigenvalue weighted by Gasteiger charge is 2.30. The lowest BCUT2D eigenvalue weighted by Crippen LogP contribution is -2.49. The van der Waals surface area contributed by atoms with Crippen LogP contribution in [0, 0.1) is 5.92 Å². The van der Waals surface area contributed by atoms with Crippen LogP contribution in [0.5, 0.6) is 0 Å². The van der Waals surface area contributed by atoms with E-state index in [1.165, 1.54) is 17.7 Å². The van der Waals surface area contributed by atoms with Gasteiger partial charge in [-0.15, -0.1) is 0 Å². The number of likely N-dealkylation sites (tertiary alicyclic amines) is 1. The molecule has 30 heavy (non-hydrogen) atoms. The van der Waals surface area contributed by atoms with Crippen molar-refractivity contribution < 1.29 is 14.3 Å². The van der Waals surface area contributed by atoms with Gasteiger partial charge in [-0.2, -0.15) is 4.98 Å². The molecule has 2 aromatic heterocycles. The predicted octanol–water partition coefficient (Wildman–Crippen LogP) is 1.33. The van der Waals surface area contributed by atoms with E-state index in [1.807, 2.05) is 0 Å². The fraction of sp³-hybridized carbons (Fsp3) is 0.632. The van der Waals surface area contributed by atoms with Crippen molar-refractivity contribution in [3.8, 4) is 0 Å². The quantitative estimate of drug-likeness (QED) is 0.745. The zero-order valence-electron chi connectivity index (χ0n) is 16.9. The van der Waals surface area contributed by atoms with E-state index >= 15 is 0 Å². The molecule has 0 radical (unpaired) electrons. The van der Waals surface area contributed by atoms with Gasteiger partial charge < -0.3 is 24.8 Å². The molecule has 0 aliphatic carbocycles. The van der Waals surface area contributed by atoms with Gasteiger partial charge in [0.25, 0.3) is 5.56 Å². The van der Waals surface area contributed by atoms with Crippen LogP contribution in [-0.4, -0.2) is 70.7 Å². The molecule has 0 atom stereocenters. The number of rotatable bonds is 4. The summed E-state index contributed by atoms with van der Waals surface area (Å²) in [4.78, 5) is 51.3. The molecule has 0 unspecified atom stereocenters. The first-order chi connectivity index (χ1) is 14.5. The Labute approximate surface area is 177 Å². The fourth-order valence-electron chi connectivity index (χ4n) is 3.96. The first-order valence-corrected chi connectivity index (χ1v) is 11.2. The number of anilines is 1. The number of piperidine rings is 2. The number of carbonyl (C=O) groups is 2. The second kappa shape index (κ2) is 8.99. The van der Waals surface area contributed by atoms with Gasteiger partial charge in [-0.25, -0.2) is 9.78 Å². The number of fused-ring (bicyclic) bond motifs is 1. The SMILES string of the molecule is CCOC(=O)N1CCC(NC(=O)C2CCN(c3nc4nc[nH]c(=O)c4s3)CC2)CC1. The molecule has 0 aromatic carbocycles. The third kappa shape index (κ3) is 4.40. The first-order valence-electron chi connectivity index (χ1n) is 10.4. The average Bonchev–Trinajstić information content (AvgIpc) is 3.20. The molecule has 0 bridgehead atoms. The van der Waals surface area contributed by atoms with Crippen molar-refractivity contribution >= 4 is 38.8 Å². The number of hydrogen-bond donors (Lipinski definition) is 2. The number of ether oxygens (including phenoxy) is 1. The number of carbonyl (C=O) groups excluding carboxylic acids is 2. The Kier molecular flexibility index (Phi) is 6.16. The zero-order chi connectivity index (χ0) is 21.1. The zero-order valence-corrected chi connectivity index (χ0v) is 17.7. The number of amides is 2. The van der Waals surface area contributed by atoms with Crippen LogP contribution in [0.1, 0.15) is 32.6 Å². The van der Waals surface area contributed by atoms with Crippen LogP contribution in [0.15, 0.2) is 11.1 Å². The van der Waals surface area contributed by atoms with Crippen molar-refractivity contribution in [1.29, 1.82) is 0 Å². The van der Waals surface area contributed by atoms with Crippen molar-refractivity contribution in [2.24, 2.45) is 5.92 Å². The summed E-state index contributed by atoms with van der Waals surface area (Å²) in [6, 6.07) is 0.100. The number of aromatic nitrogens is 3. The van der Waals surface area contributed by atoms with Crippen molar-refractivity contribution in [2.45, 2.75) is 38.6 Å². The third-order valence-corrected chi connectivity index (χ3v) is 6.79. The Bertz CT molecular complexity index is 959. The molecule has 2 aliphatic heterocycles. The van der Waals surface area contributed by atoms with E-state index in [0.29, 0.717) is 30.0 Å². The van der Waals surface area contributed by atoms with Gasteiger partial charge >= 0.3 is 6.09 Å². The van der Waals surface area contributed by atoms with E-state index in [2.05, 4.69) is 25.2 Å². The minimum Gasteiger partial charge on any atom is -0.450 e. The molecule has 0 saturated carbocycles. The number of nitrogens with one attached hydrogen (secondary N) is 2. The Balaban J connectivity index is 1.26. The maximum Gasteiger partial charge on any atom is 0.409 e. The van der Waals surface area contributed by atoms with Gasteiger partial charge in [-0.1, -0.05) is 11.3 Å². The molecule has 10 nitrogen and oxygen atoms in total. The van der Waals surface area contributed by atoms with Crippen LogP contribution >= 0.6 is 11.3 Å². The Morgan fingerprint density at radius 1 is 1.23 bits per heavy atom. The van der Waals surface area contributed by atoms with E-state index in [0.717, 1.165) is 43.9 Å². The summed E-state index contributed by atoms with van der Waals surface area (Å²) < 4.78 is 5.56. The van der Waals surface area contributed by atoms with E-state index in [4.69, 9.17) is 4.74 Å². The van der Waals surface area contributed by atoms with Crippen molar-refractivity contribution in [3.05, 3.63) is 16.7 Å². The van der Waals surface area contributed by atoms with Crippen molar-refractivity contribution in [1.82, 2.24) is 25.2 Å². The molecule has 11 heteroatoms. The van der Waals surface area contributed by atoms with E-state index in [-0.39, 0.29) is 29.5 Å². The van der Waals surface area contributed by atoms with Crippen molar-refractivity contribution in [3.63, 3.8) is 0 Å². The fourth-order valence-corrected chi connectivity index (χ4v) is 4.93. The van der Waals surface area contributed by atoms with Gasteiger partial charge in [0, 0.05) is 38.1 Å². The van der Waals surface area contributed by atoms with Gasteiger partial charge in [0.1, 0.15) is 4.70 Å². The third-order valence-electron chi connectivity index (χ3n) is 5.69. The smallest absolute Gasteiger partial charge is 0.409 e. The monoisotopic (exact) mass is 434 g/mol. The van der Waals surface area contributed by atoms with Crippen LogP contribution in [0.25, 0.3) is 10.3 Å². The van der Waals surface area contributed by atoms with Crippen LogP contribution in [0.2, 0.25) is 0 Å². The summed E-state index contributed by atoms with van der Waals surface area (Å²) in [6.45, 7) is 4.82. The number of H-pyrrole nitrogens is 1. The molecule has 2 aliphatic rings. The van der Waals surface area contributed by atoms with Crippen LogP contribution in [0.4, 0.5) is 9.93 Å². The highest BCUT2D eigenvalue weighted by molar-refractivity contribution is 7.22. The molecule has 162 valence electrons. The van der Waals surface area contributed by atoms with Crippen LogP contribution in [0.3, 0.4) is 0 Å². The van der Waals surface area contributed by atoms with Gasteiger partial charge in [-0.3, -0.25) is 9.59 Å². The molecule has 4 rings (SSSR count). The van der Waals surface area contributed by atoms with Gasteiger partial charge in [0.05, 0.1) is 12.9 Å². The number of hydrogen-bond acceptors (Lipinski definition) is 8. The predicted molar refractivity (Wildman–Crippen MR) is 113 cm³/mol. The van der Waals surface area contributed by atoms with E-state index in [9.17, 15) is 14.4 Å². The lowest BCUT2D eigenvalue weighted by molar-refractivity contribution is -0.126. The second-order valence-corrected chi connectivity index (χ2v) is 8.59. The number of aromatic amines is 1. The second-order valence-electron chi connectivity index (χ2n) is 7.61. The van der Waals surface area contributed by atoms with Gasteiger partial charge in [0.15, 0.2) is 10.8 Å². The molecule has 4 heterocycles. The number of thiazole rings is 1. The molecule has 2 N–H and O–H groups in total. The molecule has 0 spiro atoms. The Morgan fingerprint density at radius 2 is 1.97 bits per heavy atom. The minimum atomic E-state index is -0.276. The minimum absolute atomic E-state index is 0.0276. The molecule has 2 fully saturated rings. The van der Waals surface area contributed by atoms with Crippen molar-refractivity contribution in [2.75, 3.05) is 37.7 Å². The summed E-state index contributed by atoms with van der Waals surface area (Å²) in [6.07, 6.45) is 4.07. The van der Waals surface area contributed by atoms with Crippen LogP contribution < -0.4 is 15.8 Å². The normalized spacial score (nSPS) is 18.6. The molecular weight excluding hydrogens is 408 g/mol. The Morgan fingerprint density at radius 3 is 2.63 bits per heavy atom. The summed E-state index contributed by atoms with van der Waals surface area (Å²) in [5.41, 5.74) is 0.291. The maximum absolute atomic E-state index is 12.7. The molecular formula is C19H26N6O4S. The summed E-state index contributed by atoms with van der Waals surface area (Å²) in [7, 11) is 0. The standard InChI is InChI=1S/C19H26N6O4S/c1-2-29-19(28)25-9-5-13(6-10-25)22-16(26)12-3-7-24(8-4-12)18-23-15-14(30-18)17(27)21-11-20-15/h11-13H,2-10H2,1H3,(H,22,26)(H,20,21,27). The lowest BCUT2D eigenvalue weighted by atomic mass is 9.95. The largest absolute Gasteiger partial charge is 0.450 e. The highest BCUT2D eigenvalue weighted by atomic mass is 32.1. The Hall–Kier alpha value is -2.69. The highest BCUT2D eigenvalue weighted by Crippen LogP contribution is 2.29. The lowest BCUT2D eigenvalue weighted by Gasteiger charge is -2.34. The van der Waals surface area contributed by atoms with Crippen LogP contribution in [-0.2, 0) is 9.53 Å². The van der Waals surface area contributed by atoms with E-state index in [1.54, 1.807) is 11.8 Å². The number of nitrogens with zero attached hydrogens (tertiary/aromatic N) is 4. The first kappa shape index (κ1) is 20.6. The van der Waals surface area contributed by atoms with Gasteiger partial charge in [0.2, 0.25) is 5.91 Å². The maximum atomic E-state index is 12.7. The van der Waals surface area contributed by atoms with Gasteiger partial charge in [-0.05, 0) is 32.6 Å². The summed E-state index contributed by atoms with van der Waals surface area (Å²) in [5.74, 6) is 0.0619. The molecule has 2 aromatic rings. The molecule has 2 amide bonds. The summed E-state index contributed by atoms with van der Waals surface area (Å²) >= 11 is 1.34. The average molecular weight is 435 g/mol. The van der Waals surface area contributed by atoms with E-state index < -0.39 is 0 Å². The topological polar surface area (TPSA) is 121 Å².